The number of hydrogen-bond donors (Lipinski definition) is 1. The Balaban J connectivity index is 1.56. The number of ether oxygens (including phenoxy) is 1. The monoisotopic (exact) mass is 570 g/mol. The first-order valence-corrected chi connectivity index (χ1v) is 14.1. The fourth-order valence-corrected chi connectivity index (χ4v) is 6.09. The number of esters is 1. The number of hydrogen-bond acceptors (Lipinski definition) is 6. The zero-order valence-corrected chi connectivity index (χ0v) is 23.2. The summed E-state index contributed by atoms with van der Waals surface area (Å²) in [5, 5.41) is 6.96. The summed E-state index contributed by atoms with van der Waals surface area (Å²) in [5.74, 6) is -0.959. The molecule has 1 aliphatic rings. The molecule has 0 bridgehead atoms. The summed E-state index contributed by atoms with van der Waals surface area (Å²) in [5.41, 5.74) is 1.38. The van der Waals surface area contributed by atoms with Crippen molar-refractivity contribution in [3.63, 3.8) is 0 Å². The van der Waals surface area contributed by atoms with Gasteiger partial charge in [-0.25, -0.2) is 14.3 Å². The van der Waals surface area contributed by atoms with Crippen molar-refractivity contribution in [2.75, 3.05) is 11.9 Å². The number of anilines is 1. The molecule has 1 aliphatic carbocycles. The van der Waals surface area contributed by atoms with Crippen LogP contribution in [0.2, 0.25) is 0 Å². The Morgan fingerprint density at radius 2 is 1.88 bits per heavy atom. The van der Waals surface area contributed by atoms with E-state index in [-0.39, 0.29) is 29.4 Å². The molecule has 1 amide bonds. The van der Waals surface area contributed by atoms with Gasteiger partial charge in [-0.2, -0.15) is 18.3 Å². The molecule has 0 atom stereocenters. The molecule has 0 radical (unpaired) electrons. The number of alkyl halides is 3. The van der Waals surface area contributed by atoms with Crippen molar-refractivity contribution in [1.29, 1.82) is 0 Å². The van der Waals surface area contributed by atoms with Gasteiger partial charge < -0.3 is 10.1 Å². The molecule has 3 heterocycles. The lowest BCUT2D eigenvalue weighted by Crippen LogP contribution is -2.17. The van der Waals surface area contributed by atoms with Gasteiger partial charge in [0.1, 0.15) is 10.6 Å². The molecule has 4 aromatic rings. The topological polar surface area (TPSA) is 85.6 Å². The number of carbonyl (C=O) groups excluding carboxylic acids is 2. The predicted octanol–water partition coefficient (Wildman–Crippen LogP) is 7.30. The Morgan fingerprint density at radius 3 is 2.55 bits per heavy atom. The normalized spacial score (nSPS) is 13.5. The first kappa shape index (κ1) is 27.8. The minimum Gasteiger partial charge on any atom is -0.462 e. The van der Waals surface area contributed by atoms with Gasteiger partial charge in [0, 0.05) is 10.4 Å². The van der Waals surface area contributed by atoms with Crippen LogP contribution in [0, 0.1) is 0 Å². The summed E-state index contributed by atoms with van der Waals surface area (Å²) in [4.78, 5) is 31.9. The molecule has 1 N–H and O–H groups in total. The van der Waals surface area contributed by atoms with Crippen LogP contribution in [0.4, 0.5) is 18.2 Å². The largest absolute Gasteiger partial charge is 0.462 e. The molecule has 0 spiro atoms. The highest BCUT2D eigenvalue weighted by atomic mass is 32.1. The second-order valence-corrected chi connectivity index (χ2v) is 11.2. The van der Waals surface area contributed by atoms with Gasteiger partial charge in [-0.05, 0) is 55.2 Å². The molecule has 5 rings (SSSR count). The number of benzene rings is 1. The van der Waals surface area contributed by atoms with E-state index in [0.29, 0.717) is 33.5 Å². The number of aryl methyl sites for hydroxylation is 1. The van der Waals surface area contributed by atoms with E-state index in [9.17, 15) is 22.8 Å². The Labute approximate surface area is 233 Å². The molecular weight excluding hydrogens is 541 g/mol. The fraction of sp³-hybridized carbons (Fsp3) is 0.379. The second kappa shape index (κ2) is 11.0. The van der Waals surface area contributed by atoms with Gasteiger partial charge in [0.15, 0.2) is 11.3 Å². The van der Waals surface area contributed by atoms with Gasteiger partial charge >= 0.3 is 12.1 Å². The lowest BCUT2D eigenvalue weighted by atomic mass is 9.95. The standard InChI is InChI=1S/C29H29F3N4O3S/c1-4-13-39-28(38)24-19-7-5-6-8-22(19)40-27(24)35-26(37)20-15-33-36-23(29(30,31)32)14-21(34-25(20)36)18-11-9-17(10-12-18)16(2)3/h9-12,14-16H,4-8,13H2,1-3H3,(H,35,37). The van der Waals surface area contributed by atoms with E-state index < -0.39 is 23.7 Å². The van der Waals surface area contributed by atoms with Crippen molar-refractivity contribution < 1.29 is 27.5 Å². The van der Waals surface area contributed by atoms with Gasteiger partial charge in [-0.3, -0.25) is 4.79 Å². The van der Waals surface area contributed by atoms with E-state index in [1.165, 1.54) is 11.3 Å². The summed E-state index contributed by atoms with van der Waals surface area (Å²) in [6, 6.07) is 8.06. The smallest absolute Gasteiger partial charge is 0.433 e. The molecule has 0 unspecified atom stereocenters. The summed E-state index contributed by atoms with van der Waals surface area (Å²) in [7, 11) is 0. The average Bonchev–Trinajstić information content (AvgIpc) is 3.52. The Bertz CT molecular complexity index is 1570. The maximum absolute atomic E-state index is 14.1. The van der Waals surface area contributed by atoms with E-state index in [2.05, 4.69) is 15.4 Å². The van der Waals surface area contributed by atoms with Crippen molar-refractivity contribution in [2.45, 2.75) is 65.0 Å². The molecule has 0 aliphatic heterocycles. The van der Waals surface area contributed by atoms with Crippen LogP contribution in [0.15, 0.2) is 36.5 Å². The molecular formula is C29H29F3N4O3S. The van der Waals surface area contributed by atoms with Gasteiger partial charge in [-0.15, -0.1) is 11.3 Å². The van der Waals surface area contributed by atoms with Crippen LogP contribution in [-0.4, -0.2) is 33.1 Å². The highest BCUT2D eigenvalue weighted by molar-refractivity contribution is 7.17. The first-order valence-electron chi connectivity index (χ1n) is 13.3. The van der Waals surface area contributed by atoms with Crippen molar-refractivity contribution in [1.82, 2.24) is 14.6 Å². The number of amides is 1. The lowest BCUT2D eigenvalue weighted by molar-refractivity contribution is -0.142. The molecule has 0 saturated heterocycles. The number of thiophene rings is 1. The zero-order chi connectivity index (χ0) is 28.6. The maximum atomic E-state index is 14.1. The molecule has 7 nitrogen and oxygen atoms in total. The summed E-state index contributed by atoms with van der Waals surface area (Å²) in [6.45, 7) is 6.18. The van der Waals surface area contributed by atoms with E-state index in [0.717, 1.165) is 47.5 Å². The van der Waals surface area contributed by atoms with E-state index in [4.69, 9.17) is 4.74 Å². The number of nitrogens with zero attached hydrogens (tertiary/aromatic N) is 3. The number of halogens is 3. The summed E-state index contributed by atoms with van der Waals surface area (Å²) < 4.78 is 48.3. The number of aromatic nitrogens is 3. The van der Waals surface area contributed by atoms with Crippen LogP contribution in [-0.2, 0) is 23.8 Å². The summed E-state index contributed by atoms with van der Waals surface area (Å²) >= 11 is 1.31. The number of carbonyl (C=O) groups is 2. The van der Waals surface area contributed by atoms with E-state index in [1.54, 1.807) is 12.1 Å². The Kier molecular flexibility index (Phi) is 7.67. The highest BCUT2D eigenvalue weighted by Crippen LogP contribution is 2.39. The van der Waals surface area contributed by atoms with Crippen LogP contribution in [0.25, 0.3) is 16.9 Å². The second-order valence-electron chi connectivity index (χ2n) is 10.1. The van der Waals surface area contributed by atoms with Gasteiger partial charge in [0.05, 0.1) is 24.1 Å². The number of fused-ring (bicyclic) bond motifs is 2. The quantitative estimate of drug-likeness (QED) is 0.236. The average molecular weight is 571 g/mol. The maximum Gasteiger partial charge on any atom is 0.433 e. The predicted molar refractivity (Wildman–Crippen MR) is 147 cm³/mol. The minimum absolute atomic E-state index is 0.0695. The lowest BCUT2D eigenvalue weighted by Gasteiger charge is -2.13. The summed E-state index contributed by atoms with van der Waals surface area (Å²) in [6.07, 6.45) is 0.365. The van der Waals surface area contributed by atoms with Crippen LogP contribution in [0.5, 0.6) is 0 Å². The first-order chi connectivity index (χ1) is 19.1. The van der Waals surface area contributed by atoms with E-state index >= 15 is 0 Å². The number of nitrogens with one attached hydrogen (secondary N) is 1. The zero-order valence-electron chi connectivity index (χ0n) is 22.4. The highest BCUT2D eigenvalue weighted by Gasteiger charge is 2.36. The van der Waals surface area contributed by atoms with E-state index in [1.807, 2.05) is 32.9 Å². The van der Waals surface area contributed by atoms with Crippen molar-refractivity contribution in [3.8, 4) is 11.3 Å². The van der Waals surface area contributed by atoms with Crippen molar-refractivity contribution in [2.24, 2.45) is 0 Å². The van der Waals surface area contributed by atoms with Crippen LogP contribution < -0.4 is 5.32 Å². The molecule has 40 heavy (non-hydrogen) atoms. The molecule has 0 saturated carbocycles. The van der Waals surface area contributed by atoms with Crippen LogP contribution in [0.3, 0.4) is 0 Å². The SMILES string of the molecule is CCCOC(=O)c1c(NC(=O)c2cnn3c(C(F)(F)F)cc(-c4ccc(C(C)C)cc4)nc23)sc2c1CCCC2. The van der Waals surface area contributed by atoms with Crippen molar-refractivity contribution >= 4 is 33.9 Å². The third kappa shape index (κ3) is 5.34. The molecule has 3 aromatic heterocycles. The van der Waals surface area contributed by atoms with Gasteiger partial charge in [-0.1, -0.05) is 45.0 Å². The van der Waals surface area contributed by atoms with Crippen molar-refractivity contribution in [3.05, 3.63) is 69.4 Å². The van der Waals surface area contributed by atoms with Gasteiger partial charge in [0.25, 0.3) is 5.91 Å². The molecule has 11 heteroatoms. The Hall–Kier alpha value is -3.73. The third-order valence-corrected chi connectivity index (χ3v) is 8.13. The molecule has 210 valence electrons. The van der Waals surface area contributed by atoms with Crippen LogP contribution in [0.1, 0.15) is 88.4 Å². The Morgan fingerprint density at radius 1 is 1.15 bits per heavy atom. The molecule has 1 aromatic carbocycles. The van der Waals surface area contributed by atoms with Gasteiger partial charge in [0.2, 0.25) is 0 Å². The fourth-order valence-electron chi connectivity index (χ4n) is 4.82. The molecule has 0 fully saturated rings. The van der Waals surface area contributed by atoms with Crippen LogP contribution >= 0.6 is 11.3 Å². The third-order valence-electron chi connectivity index (χ3n) is 6.92. The minimum atomic E-state index is -4.74. The number of rotatable bonds is 7.